The quantitative estimate of drug-likeness (QED) is 0.139. The third-order valence-corrected chi connectivity index (χ3v) is 10.4. The van der Waals surface area contributed by atoms with Gasteiger partial charge in [0.15, 0.2) is 4.80 Å². The van der Waals surface area contributed by atoms with E-state index in [2.05, 4.69) is 66.2 Å². The number of carbonyl (C=O) groups excluding carboxylic acids is 1. The van der Waals surface area contributed by atoms with Gasteiger partial charge in [0.25, 0.3) is 5.56 Å². The standard InChI is InChI=1S/C42H35BrN2O4S/c1-4-48-41(47)37-38(30-12-6-5-7-13-30)44-42-45(39(37)31-20-18-28(19-21-31)26(2)3)40(46)36(50-42)24-27-17-22-35(34(43)23-27)49-25-32-15-10-14-29-11-8-9-16-33(29)32/h5-24,26,39H,4,25H2,1-3H3/b36-24-/t39-/m0/s1. The number of halogens is 1. The van der Waals surface area contributed by atoms with Gasteiger partial charge in [-0.1, -0.05) is 128 Å². The summed E-state index contributed by atoms with van der Waals surface area (Å²) in [7, 11) is 0. The number of benzene rings is 5. The van der Waals surface area contributed by atoms with Gasteiger partial charge < -0.3 is 9.47 Å². The highest BCUT2D eigenvalue weighted by Gasteiger charge is 2.35. The molecule has 1 aromatic heterocycles. The van der Waals surface area contributed by atoms with Crippen LogP contribution in [0.1, 0.15) is 60.5 Å². The molecule has 7 rings (SSSR count). The Labute approximate surface area is 302 Å². The van der Waals surface area contributed by atoms with Gasteiger partial charge in [0.2, 0.25) is 0 Å². The van der Waals surface area contributed by atoms with E-state index in [-0.39, 0.29) is 12.2 Å². The third-order valence-electron chi connectivity index (χ3n) is 8.81. The summed E-state index contributed by atoms with van der Waals surface area (Å²) in [5, 5.41) is 2.33. The van der Waals surface area contributed by atoms with Crippen molar-refractivity contribution in [1.29, 1.82) is 0 Å². The zero-order valence-electron chi connectivity index (χ0n) is 27.9. The molecule has 1 aliphatic heterocycles. The first-order valence-electron chi connectivity index (χ1n) is 16.6. The first-order valence-corrected chi connectivity index (χ1v) is 18.2. The molecule has 250 valence electrons. The Morgan fingerprint density at radius 2 is 1.68 bits per heavy atom. The van der Waals surface area contributed by atoms with Crippen LogP contribution in [0, 0.1) is 0 Å². The average molecular weight is 744 g/mol. The monoisotopic (exact) mass is 742 g/mol. The van der Waals surface area contributed by atoms with E-state index in [9.17, 15) is 9.59 Å². The largest absolute Gasteiger partial charge is 0.488 e. The summed E-state index contributed by atoms with van der Waals surface area (Å²) in [5.41, 5.74) is 5.30. The van der Waals surface area contributed by atoms with E-state index in [4.69, 9.17) is 14.5 Å². The summed E-state index contributed by atoms with van der Waals surface area (Å²) in [6.07, 6.45) is 1.86. The van der Waals surface area contributed by atoms with Crippen molar-refractivity contribution < 1.29 is 14.3 Å². The zero-order valence-corrected chi connectivity index (χ0v) is 30.3. The minimum absolute atomic E-state index is 0.199. The Kier molecular flexibility index (Phi) is 9.65. The van der Waals surface area contributed by atoms with Crippen molar-refractivity contribution in [2.45, 2.75) is 39.3 Å². The van der Waals surface area contributed by atoms with Gasteiger partial charge in [-0.15, -0.1) is 0 Å². The first kappa shape index (κ1) is 33.4. The van der Waals surface area contributed by atoms with Crippen LogP contribution in [-0.2, 0) is 16.1 Å². The third kappa shape index (κ3) is 6.61. The van der Waals surface area contributed by atoms with Crippen LogP contribution in [0.15, 0.2) is 135 Å². The van der Waals surface area contributed by atoms with Crippen LogP contribution in [-0.4, -0.2) is 17.1 Å². The van der Waals surface area contributed by atoms with Gasteiger partial charge in [-0.05, 0) is 80.0 Å². The lowest BCUT2D eigenvalue weighted by molar-refractivity contribution is -0.138. The van der Waals surface area contributed by atoms with Gasteiger partial charge in [0.1, 0.15) is 12.4 Å². The molecule has 8 heteroatoms. The Hall–Kier alpha value is -5.05. The molecule has 0 unspecified atom stereocenters. The molecule has 0 amide bonds. The molecule has 0 fully saturated rings. The molecule has 5 aromatic carbocycles. The topological polar surface area (TPSA) is 69.9 Å². The fourth-order valence-electron chi connectivity index (χ4n) is 6.27. The van der Waals surface area contributed by atoms with Crippen molar-refractivity contribution in [1.82, 2.24) is 4.57 Å². The fourth-order valence-corrected chi connectivity index (χ4v) is 7.78. The van der Waals surface area contributed by atoms with E-state index in [1.165, 1.54) is 22.3 Å². The second-order valence-corrected chi connectivity index (χ2v) is 14.2. The predicted molar refractivity (Wildman–Crippen MR) is 204 cm³/mol. The molecule has 1 atom stereocenters. The van der Waals surface area contributed by atoms with Crippen molar-refractivity contribution in [3.05, 3.63) is 173 Å². The minimum atomic E-state index is -0.722. The number of carbonyl (C=O) groups is 1. The SMILES string of the molecule is CCOC(=O)C1=C(c2ccccc2)N=c2s/c(=C\c3ccc(OCc4cccc5ccccc45)c(Br)c3)c(=O)n2[C@H]1c1ccc(C(C)C)cc1. The number of nitrogens with zero attached hydrogens (tertiary/aromatic N) is 2. The van der Waals surface area contributed by atoms with Crippen molar-refractivity contribution in [3.8, 4) is 5.75 Å². The van der Waals surface area contributed by atoms with E-state index >= 15 is 0 Å². The van der Waals surface area contributed by atoms with Crippen LogP contribution in [0.4, 0.5) is 0 Å². The maximum atomic E-state index is 14.3. The number of esters is 1. The molecule has 0 saturated carbocycles. The van der Waals surface area contributed by atoms with Gasteiger partial charge in [-0.3, -0.25) is 9.36 Å². The van der Waals surface area contributed by atoms with E-state index in [0.29, 0.717) is 38.9 Å². The second-order valence-electron chi connectivity index (χ2n) is 12.4. The van der Waals surface area contributed by atoms with Gasteiger partial charge in [0, 0.05) is 5.56 Å². The Balaban J connectivity index is 1.30. The highest BCUT2D eigenvalue weighted by atomic mass is 79.9. The van der Waals surface area contributed by atoms with E-state index in [0.717, 1.165) is 32.1 Å². The smallest absolute Gasteiger partial charge is 0.338 e. The van der Waals surface area contributed by atoms with Crippen LogP contribution in [0.2, 0.25) is 0 Å². The molecular weight excluding hydrogens is 708 g/mol. The van der Waals surface area contributed by atoms with E-state index in [1.807, 2.05) is 84.9 Å². The van der Waals surface area contributed by atoms with Crippen LogP contribution in [0.25, 0.3) is 22.5 Å². The number of hydrogen-bond acceptors (Lipinski definition) is 6. The van der Waals surface area contributed by atoms with Gasteiger partial charge in [-0.2, -0.15) is 0 Å². The minimum Gasteiger partial charge on any atom is -0.488 e. The van der Waals surface area contributed by atoms with Crippen LogP contribution < -0.4 is 19.6 Å². The Bertz CT molecular complexity index is 2420. The molecule has 0 spiro atoms. The van der Waals surface area contributed by atoms with E-state index in [1.54, 1.807) is 11.5 Å². The predicted octanol–water partition coefficient (Wildman–Crippen LogP) is 8.55. The highest BCUT2D eigenvalue weighted by Crippen LogP contribution is 2.36. The van der Waals surface area contributed by atoms with E-state index < -0.39 is 12.0 Å². The number of hydrogen-bond donors (Lipinski definition) is 0. The summed E-state index contributed by atoms with van der Waals surface area (Å²) in [6, 6.07) is 37.2. The summed E-state index contributed by atoms with van der Waals surface area (Å²) in [5.74, 6) is 0.540. The number of aromatic nitrogens is 1. The fraction of sp³-hybridized carbons (Fsp3) is 0.167. The zero-order chi connectivity index (χ0) is 34.8. The van der Waals surface area contributed by atoms with Crippen molar-refractivity contribution in [2.24, 2.45) is 4.99 Å². The number of thiazole rings is 1. The number of ether oxygens (including phenoxy) is 2. The molecule has 1 aliphatic rings. The lowest BCUT2D eigenvalue weighted by Crippen LogP contribution is -2.40. The molecular formula is C42H35BrN2O4S. The van der Waals surface area contributed by atoms with Gasteiger partial charge >= 0.3 is 5.97 Å². The summed E-state index contributed by atoms with van der Waals surface area (Å²) in [4.78, 5) is 33.6. The second kappa shape index (κ2) is 14.4. The van der Waals surface area contributed by atoms with Crippen LogP contribution in [0.5, 0.6) is 5.75 Å². The summed E-state index contributed by atoms with van der Waals surface area (Å²) in [6.45, 7) is 6.67. The van der Waals surface area contributed by atoms with Crippen molar-refractivity contribution in [2.75, 3.05) is 6.61 Å². The lowest BCUT2D eigenvalue weighted by Gasteiger charge is -2.26. The normalized spacial score (nSPS) is 14.5. The van der Waals surface area contributed by atoms with Gasteiger partial charge in [0.05, 0.1) is 32.9 Å². The highest BCUT2D eigenvalue weighted by molar-refractivity contribution is 9.10. The molecule has 0 aliphatic carbocycles. The summed E-state index contributed by atoms with van der Waals surface area (Å²) < 4.78 is 14.7. The van der Waals surface area contributed by atoms with Gasteiger partial charge in [-0.25, -0.2) is 9.79 Å². The molecule has 0 bridgehead atoms. The average Bonchev–Trinajstić information content (AvgIpc) is 3.44. The lowest BCUT2D eigenvalue weighted by atomic mass is 9.91. The van der Waals surface area contributed by atoms with Crippen molar-refractivity contribution >= 4 is 55.8 Å². The molecule has 0 saturated heterocycles. The molecule has 0 radical (unpaired) electrons. The Morgan fingerprint density at radius 3 is 2.42 bits per heavy atom. The maximum Gasteiger partial charge on any atom is 0.338 e. The molecule has 0 N–H and O–H groups in total. The molecule has 6 aromatic rings. The summed E-state index contributed by atoms with van der Waals surface area (Å²) >= 11 is 4.99. The van der Waals surface area contributed by atoms with Crippen LogP contribution in [0.3, 0.4) is 0 Å². The van der Waals surface area contributed by atoms with Crippen molar-refractivity contribution in [3.63, 3.8) is 0 Å². The van der Waals surface area contributed by atoms with Crippen LogP contribution >= 0.6 is 27.3 Å². The number of fused-ring (bicyclic) bond motifs is 2. The Morgan fingerprint density at radius 1 is 0.940 bits per heavy atom. The first-order chi connectivity index (χ1) is 24.3. The number of rotatable bonds is 9. The molecule has 2 heterocycles. The maximum absolute atomic E-state index is 14.3. The molecule has 50 heavy (non-hydrogen) atoms. The molecule has 6 nitrogen and oxygen atoms in total.